The molecular formula is C26H48O2. The molecule has 0 amide bonds. The second-order valence-electron chi connectivity index (χ2n) is 9.61. The van der Waals surface area contributed by atoms with Crippen molar-refractivity contribution < 1.29 is 9.59 Å². The van der Waals surface area contributed by atoms with Crippen LogP contribution < -0.4 is 0 Å². The van der Waals surface area contributed by atoms with Crippen molar-refractivity contribution in [1.29, 1.82) is 0 Å². The molecule has 0 aromatic carbocycles. The van der Waals surface area contributed by atoms with Crippen molar-refractivity contribution in [2.24, 2.45) is 29.6 Å². The lowest BCUT2D eigenvalue weighted by molar-refractivity contribution is -0.124. The van der Waals surface area contributed by atoms with E-state index in [9.17, 15) is 9.59 Å². The van der Waals surface area contributed by atoms with E-state index in [0.717, 1.165) is 24.8 Å². The van der Waals surface area contributed by atoms with E-state index in [-0.39, 0.29) is 17.6 Å². The summed E-state index contributed by atoms with van der Waals surface area (Å²) >= 11 is 0. The number of allylic oxidation sites excluding steroid dienone is 1. The second kappa shape index (κ2) is 15.0. The van der Waals surface area contributed by atoms with Gasteiger partial charge in [-0.3, -0.25) is 4.79 Å². The molecule has 0 fully saturated rings. The van der Waals surface area contributed by atoms with E-state index in [1.54, 1.807) is 6.92 Å². The van der Waals surface area contributed by atoms with Gasteiger partial charge in [0.25, 0.3) is 0 Å². The topological polar surface area (TPSA) is 34.1 Å². The summed E-state index contributed by atoms with van der Waals surface area (Å²) in [5.74, 6) is 1.85. The van der Waals surface area contributed by atoms with Gasteiger partial charge in [0, 0.05) is 18.8 Å². The van der Waals surface area contributed by atoms with Crippen molar-refractivity contribution in [2.45, 2.75) is 113 Å². The summed E-state index contributed by atoms with van der Waals surface area (Å²) in [4.78, 5) is 24.7. The molecule has 0 aliphatic heterocycles. The van der Waals surface area contributed by atoms with Gasteiger partial charge in [0.05, 0.1) is 0 Å². The van der Waals surface area contributed by atoms with Crippen molar-refractivity contribution in [1.82, 2.24) is 0 Å². The van der Waals surface area contributed by atoms with Gasteiger partial charge in [0.15, 0.2) is 0 Å². The van der Waals surface area contributed by atoms with E-state index in [1.807, 2.05) is 6.92 Å². The van der Waals surface area contributed by atoms with Gasteiger partial charge in [-0.15, -0.1) is 0 Å². The minimum absolute atomic E-state index is 0.0147. The van der Waals surface area contributed by atoms with Crippen LogP contribution in [0, 0.1) is 29.6 Å². The highest BCUT2D eigenvalue weighted by atomic mass is 16.1. The van der Waals surface area contributed by atoms with E-state index in [2.05, 4.69) is 41.2 Å². The Labute approximate surface area is 175 Å². The van der Waals surface area contributed by atoms with E-state index < -0.39 is 0 Å². The molecule has 0 N–H and O–H groups in total. The van der Waals surface area contributed by atoms with E-state index >= 15 is 0 Å². The molecule has 0 saturated carbocycles. The molecule has 0 radical (unpaired) electrons. The van der Waals surface area contributed by atoms with Crippen molar-refractivity contribution in [2.75, 3.05) is 0 Å². The molecule has 2 nitrogen and oxygen atoms in total. The Bertz CT molecular complexity index is 463. The quantitative estimate of drug-likeness (QED) is 0.187. The van der Waals surface area contributed by atoms with Crippen LogP contribution in [0.1, 0.15) is 113 Å². The first-order valence-electron chi connectivity index (χ1n) is 11.8. The lowest BCUT2D eigenvalue weighted by Crippen LogP contribution is -2.28. The van der Waals surface area contributed by atoms with Crippen molar-refractivity contribution in [3.05, 3.63) is 12.2 Å². The summed E-state index contributed by atoms with van der Waals surface area (Å²) in [5.41, 5.74) is 1.10. The third-order valence-corrected chi connectivity index (χ3v) is 6.40. The highest BCUT2D eigenvalue weighted by Gasteiger charge is 2.31. The van der Waals surface area contributed by atoms with Crippen molar-refractivity contribution in [3.8, 4) is 0 Å². The molecule has 0 spiro atoms. The maximum Gasteiger partial charge on any atom is 0.136 e. The molecule has 0 bridgehead atoms. The molecule has 0 aromatic heterocycles. The summed E-state index contributed by atoms with van der Waals surface area (Å²) in [5, 5.41) is 0. The highest BCUT2D eigenvalue weighted by molar-refractivity contribution is 5.83. The largest absolute Gasteiger partial charge is 0.300 e. The Morgan fingerprint density at radius 1 is 0.821 bits per heavy atom. The number of unbranched alkanes of at least 4 members (excludes halogenated alkanes) is 6. The SMILES string of the molecule is C=C(C(CC(C)=O)C(C)C(=O)CCCCCCCCC)C(C)[C@H](C)CC(C)C. The van der Waals surface area contributed by atoms with Gasteiger partial charge in [-0.2, -0.15) is 0 Å². The predicted molar refractivity (Wildman–Crippen MR) is 122 cm³/mol. The second-order valence-corrected chi connectivity index (χ2v) is 9.61. The molecule has 2 heteroatoms. The van der Waals surface area contributed by atoms with Gasteiger partial charge in [0.2, 0.25) is 0 Å². The van der Waals surface area contributed by atoms with Crippen molar-refractivity contribution >= 4 is 11.6 Å². The monoisotopic (exact) mass is 392 g/mol. The smallest absolute Gasteiger partial charge is 0.136 e. The third kappa shape index (κ3) is 11.2. The zero-order chi connectivity index (χ0) is 21.7. The molecule has 0 aromatic rings. The fraction of sp³-hybridized carbons (Fsp3) is 0.846. The van der Waals surface area contributed by atoms with E-state index in [1.165, 1.54) is 32.1 Å². The Morgan fingerprint density at radius 3 is 1.86 bits per heavy atom. The Morgan fingerprint density at radius 2 is 1.36 bits per heavy atom. The molecule has 3 unspecified atom stereocenters. The zero-order valence-electron chi connectivity index (χ0n) is 20.0. The average Bonchev–Trinajstić information content (AvgIpc) is 2.62. The maximum absolute atomic E-state index is 12.8. The van der Waals surface area contributed by atoms with Crippen LogP contribution in [0.5, 0.6) is 0 Å². The first-order chi connectivity index (χ1) is 13.1. The molecule has 0 heterocycles. The fourth-order valence-electron chi connectivity index (χ4n) is 4.30. The van der Waals surface area contributed by atoms with Crippen LogP contribution in [0.2, 0.25) is 0 Å². The van der Waals surface area contributed by atoms with Gasteiger partial charge in [-0.05, 0) is 43.4 Å². The highest BCUT2D eigenvalue weighted by Crippen LogP contribution is 2.35. The number of carbonyl (C=O) groups is 2. The molecule has 0 rings (SSSR count). The summed E-state index contributed by atoms with van der Waals surface area (Å²) < 4.78 is 0. The number of ketones is 2. The number of Topliss-reactive ketones (excluding diaryl/α,β-unsaturated/α-hetero) is 2. The standard InChI is InChI=1S/C26H48O2/c1-9-10-11-12-13-14-15-16-26(28)24(8)25(18-21(5)27)23(7)22(6)20(4)17-19(2)3/h19-20,22,24-25H,7,9-18H2,1-6,8H3/t20-,22?,24?,25?/m1/s1. The van der Waals surface area contributed by atoms with E-state index in [4.69, 9.17) is 0 Å². The third-order valence-electron chi connectivity index (χ3n) is 6.40. The van der Waals surface area contributed by atoms with E-state index in [0.29, 0.717) is 36.4 Å². The number of carbonyl (C=O) groups excluding carboxylic acids is 2. The molecule has 164 valence electrons. The minimum atomic E-state index is -0.106. The lowest BCUT2D eigenvalue weighted by atomic mass is 9.72. The zero-order valence-corrected chi connectivity index (χ0v) is 20.0. The van der Waals surface area contributed by atoms with Crippen LogP contribution in [-0.4, -0.2) is 11.6 Å². The van der Waals surface area contributed by atoms with Crippen LogP contribution >= 0.6 is 0 Å². The minimum Gasteiger partial charge on any atom is -0.300 e. The van der Waals surface area contributed by atoms with Crippen LogP contribution in [-0.2, 0) is 9.59 Å². The van der Waals surface area contributed by atoms with Crippen molar-refractivity contribution in [3.63, 3.8) is 0 Å². The molecule has 4 atom stereocenters. The molecule has 0 aliphatic rings. The normalized spacial score (nSPS) is 15.9. The maximum atomic E-state index is 12.8. The predicted octanol–water partition coefficient (Wildman–Crippen LogP) is 7.80. The van der Waals surface area contributed by atoms with Crippen LogP contribution in [0.4, 0.5) is 0 Å². The van der Waals surface area contributed by atoms with Gasteiger partial charge in [-0.25, -0.2) is 0 Å². The molecular weight excluding hydrogens is 344 g/mol. The fourth-order valence-corrected chi connectivity index (χ4v) is 4.30. The van der Waals surface area contributed by atoms with Crippen LogP contribution in [0.25, 0.3) is 0 Å². The van der Waals surface area contributed by atoms with Gasteiger partial charge in [-0.1, -0.05) is 92.2 Å². The summed E-state index contributed by atoms with van der Waals surface area (Å²) in [6.07, 6.45) is 10.8. The molecule has 0 aliphatic carbocycles. The van der Waals surface area contributed by atoms with Gasteiger partial charge < -0.3 is 4.79 Å². The molecule has 28 heavy (non-hydrogen) atoms. The Kier molecular flexibility index (Phi) is 14.5. The van der Waals surface area contributed by atoms with Crippen LogP contribution in [0.3, 0.4) is 0 Å². The summed E-state index contributed by atoms with van der Waals surface area (Å²) in [7, 11) is 0. The number of hydrogen-bond acceptors (Lipinski definition) is 2. The van der Waals surface area contributed by atoms with Gasteiger partial charge in [0.1, 0.15) is 11.6 Å². The Balaban J connectivity index is 4.73. The first kappa shape index (κ1) is 27.1. The summed E-state index contributed by atoms with van der Waals surface area (Å²) in [6, 6.07) is 0. The number of hydrogen-bond donors (Lipinski definition) is 0. The number of rotatable bonds is 17. The van der Waals surface area contributed by atoms with Gasteiger partial charge >= 0.3 is 0 Å². The summed E-state index contributed by atoms with van der Waals surface area (Å²) in [6.45, 7) is 19.2. The van der Waals surface area contributed by atoms with Crippen LogP contribution in [0.15, 0.2) is 12.2 Å². The molecule has 0 saturated heterocycles. The average molecular weight is 393 g/mol. The lowest BCUT2D eigenvalue weighted by Gasteiger charge is -2.32. The Hall–Kier alpha value is -0.920. The first-order valence-corrected chi connectivity index (χ1v) is 11.8.